The van der Waals surface area contributed by atoms with Crippen LogP contribution in [0.1, 0.15) is 15.9 Å². The lowest BCUT2D eigenvalue weighted by molar-refractivity contribution is 0.0980. The minimum absolute atomic E-state index is 0.0709. The Morgan fingerprint density at radius 1 is 1.24 bits per heavy atom. The number of ether oxygens (including phenoxy) is 1. The number of nitrogens with zero attached hydrogens (tertiary/aromatic N) is 1. The van der Waals surface area contributed by atoms with Crippen molar-refractivity contribution in [1.82, 2.24) is 0 Å². The van der Waals surface area contributed by atoms with Crippen LogP contribution in [-0.4, -0.2) is 25.6 Å². The number of fused-ring (bicyclic) bond motifs is 1. The molecule has 0 saturated heterocycles. The molecule has 1 aliphatic heterocycles. The van der Waals surface area contributed by atoms with Crippen LogP contribution in [0.3, 0.4) is 0 Å². The molecule has 1 heterocycles. The summed E-state index contributed by atoms with van der Waals surface area (Å²) >= 11 is 0. The Kier molecular flexibility index (Phi) is 5.09. The minimum Gasteiger partial charge on any atom is -0.489 e. The van der Waals surface area contributed by atoms with Crippen LogP contribution in [-0.2, 0) is 6.42 Å². The van der Waals surface area contributed by atoms with Crippen molar-refractivity contribution in [2.24, 2.45) is 5.73 Å². The van der Waals surface area contributed by atoms with Gasteiger partial charge < -0.3 is 15.4 Å². The maximum absolute atomic E-state index is 13.1. The third kappa shape index (κ3) is 3.69. The second kappa shape index (κ2) is 7.44. The summed E-state index contributed by atoms with van der Waals surface area (Å²) in [6, 6.07) is 11.0. The smallest absolute Gasteiger partial charge is 0.258 e. The van der Waals surface area contributed by atoms with Crippen molar-refractivity contribution in [3.8, 4) is 5.75 Å². The summed E-state index contributed by atoms with van der Waals surface area (Å²) in [5.74, 6) is 0.0925. The molecule has 2 N–H and O–H groups in total. The van der Waals surface area contributed by atoms with Gasteiger partial charge >= 0.3 is 0 Å². The second-order valence-corrected chi connectivity index (χ2v) is 5.76. The normalized spacial score (nSPS) is 14.4. The summed E-state index contributed by atoms with van der Waals surface area (Å²) in [4.78, 5) is 14.3. The summed E-state index contributed by atoms with van der Waals surface area (Å²) in [5.41, 5.74) is 7.88. The number of hydrogen-bond acceptors (Lipinski definition) is 3. The molecule has 6 heteroatoms. The van der Waals surface area contributed by atoms with E-state index in [0.29, 0.717) is 41.9 Å². The Bertz CT molecular complexity index is 804. The fourth-order valence-corrected chi connectivity index (χ4v) is 2.73. The van der Waals surface area contributed by atoms with Crippen molar-refractivity contribution in [3.63, 3.8) is 0 Å². The van der Waals surface area contributed by atoms with E-state index < -0.39 is 0 Å². The molecule has 0 saturated carbocycles. The quantitative estimate of drug-likeness (QED) is 0.906. The van der Waals surface area contributed by atoms with Gasteiger partial charge in [0, 0.05) is 29.9 Å². The number of benzene rings is 2. The molecule has 1 aliphatic rings. The SMILES string of the molecule is NC/C(=C/F)COc1ccc2c(c1)CCN(c1ccc(F)cc1)C2=O. The molecule has 130 valence electrons. The van der Waals surface area contributed by atoms with Crippen molar-refractivity contribution >= 4 is 11.6 Å². The van der Waals surface area contributed by atoms with E-state index in [1.807, 2.05) is 0 Å². The lowest BCUT2D eigenvalue weighted by atomic mass is 9.98. The fraction of sp³-hybridized carbons (Fsp3) is 0.211. The number of anilines is 1. The summed E-state index contributed by atoms with van der Waals surface area (Å²) in [6.07, 6.45) is 1.10. The molecule has 4 nitrogen and oxygen atoms in total. The lowest BCUT2D eigenvalue weighted by Crippen LogP contribution is -2.37. The van der Waals surface area contributed by atoms with Crippen molar-refractivity contribution in [2.45, 2.75) is 6.42 Å². The van der Waals surface area contributed by atoms with Gasteiger partial charge in [0.1, 0.15) is 18.2 Å². The summed E-state index contributed by atoms with van der Waals surface area (Å²) in [5, 5.41) is 0. The Morgan fingerprint density at radius 3 is 2.68 bits per heavy atom. The van der Waals surface area contributed by atoms with Gasteiger partial charge in [-0.3, -0.25) is 4.79 Å². The molecular weight excluding hydrogens is 326 g/mol. The number of carbonyl (C=O) groups excluding carboxylic acids is 1. The Hall–Kier alpha value is -2.73. The molecule has 0 bridgehead atoms. The van der Waals surface area contributed by atoms with Crippen LogP contribution in [0.25, 0.3) is 0 Å². The Labute approximate surface area is 144 Å². The molecule has 0 aliphatic carbocycles. The van der Waals surface area contributed by atoms with E-state index in [1.165, 1.54) is 12.1 Å². The van der Waals surface area contributed by atoms with Gasteiger partial charge in [0.05, 0.1) is 6.33 Å². The van der Waals surface area contributed by atoms with E-state index in [9.17, 15) is 13.6 Å². The van der Waals surface area contributed by atoms with Gasteiger partial charge in [-0.1, -0.05) is 0 Å². The standard InChI is InChI=1S/C19H18F2N2O2/c20-10-13(11-22)12-25-17-5-6-18-14(9-17)7-8-23(19(18)24)16-3-1-15(21)2-4-16/h1-6,9-10H,7-8,11-12,22H2/b13-10-. The number of nitrogens with two attached hydrogens (primary N) is 1. The topological polar surface area (TPSA) is 55.6 Å². The summed E-state index contributed by atoms with van der Waals surface area (Å²) < 4.78 is 31.1. The predicted octanol–water partition coefficient (Wildman–Crippen LogP) is 3.22. The molecule has 0 atom stereocenters. The first kappa shape index (κ1) is 17.1. The number of halogens is 2. The van der Waals surface area contributed by atoms with E-state index in [-0.39, 0.29) is 24.9 Å². The maximum Gasteiger partial charge on any atom is 0.258 e. The molecule has 3 rings (SSSR count). The van der Waals surface area contributed by atoms with E-state index >= 15 is 0 Å². The van der Waals surface area contributed by atoms with Crippen molar-refractivity contribution in [3.05, 3.63) is 71.3 Å². The van der Waals surface area contributed by atoms with Gasteiger partial charge in [-0.15, -0.1) is 0 Å². The van der Waals surface area contributed by atoms with Crippen LogP contribution in [0.15, 0.2) is 54.4 Å². The first-order chi connectivity index (χ1) is 12.1. The third-order valence-electron chi connectivity index (χ3n) is 4.14. The van der Waals surface area contributed by atoms with Crippen molar-refractivity contribution in [1.29, 1.82) is 0 Å². The zero-order chi connectivity index (χ0) is 17.8. The molecule has 0 aromatic heterocycles. The van der Waals surface area contributed by atoms with E-state index in [4.69, 9.17) is 10.5 Å². The largest absolute Gasteiger partial charge is 0.489 e. The number of carbonyl (C=O) groups is 1. The molecule has 25 heavy (non-hydrogen) atoms. The van der Waals surface area contributed by atoms with E-state index in [0.717, 1.165) is 5.56 Å². The number of rotatable bonds is 5. The fourth-order valence-electron chi connectivity index (χ4n) is 2.73. The minimum atomic E-state index is -0.338. The van der Waals surface area contributed by atoms with Crippen LogP contribution < -0.4 is 15.4 Å². The van der Waals surface area contributed by atoms with Crippen LogP contribution >= 0.6 is 0 Å². The molecule has 0 spiro atoms. The first-order valence-corrected chi connectivity index (χ1v) is 7.93. The Balaban J connectivity index is 1.77. The van der Waals surface area contributed by atoms with Crippen LogP contribution in [0.2, 0.25) is 0 Å². The highest BCUT2D eigenvalue weighted by molar-refractivity contribution is 6.08. The molecule has 0 unspecified atom stereocenters. The average Bonchev–Trinajstić information content (AvgIpc) is 2.64. The highest BCUT2D eigenvalue weighted by Gasteiger charge is 2.25. The number of amides is 1. The molecule has 2 aromatic rings. The van der Waals surface area contributed by atoms with E-state index in [1.54, 1.807) is 35.2 Å². The highest BCUT2D eigenvalue weighted by Crippen LogP contribution is 2.27. The Morgan fingerprint density at radius 2 is 2.00 bits per heavy atom. The second-order valence-electron chi connectivity index (χ2n) is 5.76. The summed E-state index contributed by atoms with van der Waals surface area (Å²) in [7, 11) is 0. The monoisotopic (exact) mass is 344 g/mol. The van der Waals surface area contributed by atoms with Gasteiger partial charge in [0.25, 0.3) is 5.91 Å². The van der Waals surface area contributed by atoms with Crippen LogP contribution in [0, 0.1) is 5.82 Å². The van der Waals surface area contributed by atoms with Crippen molar-refractivity contribution in [2.75, 3.05) is 24.6 Å². The van der Waals surface area contributed by atoms with Gasteiger partial charge in [-0.05, 0) is 54.4 Å². The van der Waals surface area contributed by atoms with Gasteiger partial charge in [0.15, 0.2) is 0 Å². The zero-order valence-electron chi connectivity index (χ0n) is 13.5. The van der Waals surface area contributed by atoms with Gasteiger partial charge in [-0.2, -0.15) is 0 Å². The van der Waals surface area contributed by atoms with Gasteiger partial charge in [0.2, 0.25) is 0 Å². The molecular formula is C19H18F2N2O2. The van der Waals surface area contributed by atoms with Gasteiger partial charge in [-0.25, -0.2) is 8.78 Å². The molecule has 2 aromatic carbocycles. The maximum atomic E-state index is 13.1. The van der Waals surface area contributed by atoms with Crippen LogP contribution in [0.4, 0.5) is 14.5 Å². The van der Waals surface area contributed by atoms with Crippen molar-refractivity contribution < 1.29 is 18.3 Å². The average molecular weight is 344 g/mol. The summed E-state index contributed by atoms with van der Waals surface area (Å²) in [6.45, 7) is 0.660. The third-order valence-corrected chi connectivity index (χ3v) is 4.14. The number of hydrogen-bond donors (Lipinski definition) is 1. The predicted molar refractivity (Wildman–Crippen MR) is 92.0 cm³/mol. The first-order valence-electron chi connectivity index (χ1n) is 7.93. The highest BCUT2D eigenvalue weighted by atomic mass is 19.1. The zero-order valence-corrected chi connectivity index (χ0v) is 13.5. The lowest BCUT2D eigenvalue weighted by Gasteiger charge is -2.29. The van der Waals surface area contributed by atoms with Crippen LogP contribution in [0.5, 0.6) is 5.75 Å². The molecule has 0 fully saturated rings. The molecule has 0 radical (unpaired) electrons. The van der Waals surface area contributed by atoms with E-state index in [2.05, 4.69) is 0 Å². The molecule has 1 amide bonds.